The van der Waals surface area contributed by atoms with Gasteiger partial charge < -0.3 is 14.0 Å². The van der Waals surface area contributed by atoms with Crippen molar-refractivity contribution in [1.29, 1.82) is 0 Å². The second kappa shape index (κ2) is 7.97. The molecule has 5 heteroatoms. The van der Waals surface area contributed by atoms with Crippen LogP contribution in [0.15, 0.2) is 79.4 Å². The van der Waals surface area contributed by atoms with Gasteiger partial charge in [-0.3, -0.25) is 0 Å². The Balaban J connectivity index is 1.66. The van der Waals surface area contributed by atoms with Crippen molar-refractivity contribution in [3.05, 3.63) is 84.9 Å². The lowest BCUT2D eigenvalue weighted by Gasteiger charge is -2.19. The molecule has 0 N–H and O–H groups in total. The maximum atomic E-state index is 12.3. The van der Waals surface area contributed by atoms with Gasteiger partial charge in [-0.1, -0.05) is 36.4 Å². The predicted molar refractivity (Wildman–Crippen MR) is 89.8 cm³/mol. The van der Waals surface area contributed by atoms with Gasteiger partial charge in [-0.25, -0.2) is 9.78 Å². The van der Waals surface area contributed by atoms with Gasteiger partial charge in [0.1, 0.15) is 12.4 Å². The minimum atomic E-state index is -0.424. The summed E-state index contributed by atoms with van der Waals surface area (Å²) in [6, 6.07) is 18.4. The third-order valence-corrected chi connectivity index (χ3v) is 3.44. The quantitative estimate of drug-likeness (QED) is 0.627. The Labute approximate surface area is 140 Å². The molecule has 5 nitrogen and oxygen atoms in total. The number of rotatable bonds is 7. The smallest absolute Gasteiger partial charge is 0.338 e. The van der Waals surface area contributed by atoms with Crippen LogP contribution in [-0.4, -0.2) is 28.2 Å². The summed E-state index contributed by atoms with van der Waals surface area (Å²) in [5, 5.41) is 0. The standard InChI is InChI=1S/C19H18N2O3/c22-19(16-7-3-1-4-8-16)24-18(13-21-12-11-20-15-21)14-23-17-9-5-2-6-10-17/h1-12,15,18H,13-14H2. The number of imidazole rings is 1. The Morgan fingerprint density at radius 3 is 2.42 bits per heavy atom. The molecule has 0 spiro atoms. The van der Waals surface area contributed by atoms with Crippen LogP contribution in [-0.2, 0) is 11.3 Å². The van der Waals surface area contributed by atoms with E-state index in [0.717, 1.165) is 5.75 Å². The Kier molecular flexibility index (Phi) is 5.24. The zero-order chi connectivity index (χ0) is 16.6. The molecule has 1 atom stereocenters. The van der Waals surface area contributed by atoms with Crippen molar-refractivity contribution >= 4 is 5.97 Å². The molecule has 2 aromatic carbocycles. The number of ether oxygens (including phenoxy) is 2. The highest BCUT2D eigenvalue weighted by molar-refractivity contribution is 5.89. The predicted octanol–water partition coefficient (Wildman–Crippen LogP) is 3.19. The topological polar surface area (TPSA) is 53.4 Å². The molecule has 0 radical (unpaired) electrons. The number of benzene rings is 2. The average molecular weight is 322 g/mol. The van der Waals surface area contributed by atoms with E-state index in [2.05, 4.69) is 4.98 Å². The van der Waals surface area contributed by atoms with Crippen molar-refractivity contribution in [3.63, 3.8) is 0 Å². The second-order valence-electron chi connectivity index (χ2n) is 5.28. The van der Waals surface area contributed by atoms with E-state index in [-0.39, 0.29) is 12.6 Å². The Bertz CT molecular complexity index is 743. The van der Waals surface area contributed by atoms with Gasteiger partial charge in [-0.05, 0) is 24.3 Å². The first-order chi connectivity index (χ1) is 11.8. The fourth-order valence-corrected chi connectivity index (χ4v) is 2.25. The van der Waals surface area contributed by atoms with Crippen LogP contribution in [0.4, 0.5) is 0 Å². The van der Waals surface area contributed by atoms with Gasteiger partial charge in [-0.2, -0.15) is 0 Å². The van der Waals surface area contributed by atoms with E-state index in [1.165, 1.54) is 0 Å². The van der Waals surface area contributed by atoms with Gasteiger partial charge in [0.15, 0.2) is 6.10 Å². The molecule has 0 aliphatic heterocycles. The summed E-state index contributed by atoms with van der Waals surface area (Å²) in [6.07, 6.45) is 4.78. The SMILES string of the molecule is O=C(OC(COc1ccccc1)Cn1ccnc1)c1ccccc1. The fourth-order valence-electron chi connectivity index (χ4n) is 2.25. The van der Waals surface area contributed by atoms with Gasteiger partial charge in [0.2, 0.25) is 0 Å². The summed E-state index contributed by atoms with van der Waals surface area (Å²) in [6.45, 7) is 0.742. The lowest BCUT2D eigenvalue weighted by atomic mass is 10.2. The van der Waals surface area contributed by atoms with Crippen LogP contribution in [0.5, 0.6) is 5.75 Å². The molecule has 122 valence electrons. The highest BCUT2D eigenvalue weighted by Gasteiger charge is 2.17. The van der Waals surface area contributed by atoms with Gasteiger partial charge in [-0.15, -0.1) is 0 Å². The summed E-state index contributed by atoms with van der Waals surface area (Å²) in [5.74, 6) is 0.376. The van der Waals surface area contributed by atoms with Crippen molar-refractivity contribution in [2.45, 2.75) is 12.6 Å². The zero-order valence-corrected chi connectivity index (χ0v) is 13.1. The Hall–Kier alpha value is -3.08. The van der Waals surface area contributed by atoms with Gasteiger partial charge in [0, 0.05) is 12.4 Å². The molecule has 1 aromatic heterocycles. The van der Waals surface area contributed by atoms with E-state index in [1.54, 1.807) is 24.7 Å². The van der Waals surface area contributed by atoms with Crippen LogP contribution in [0.1, 0.15) is 10.4 Å². The molecule has 3 aromatic rings. The van der Waals surface area contributed by atoms with E-state index in [1.807, 2.05) is 59.3 Å². The van der Waals surface area contributed by atoms with Gasteiger partial charge in [0.25, 0.3) is 0 Å². The summed E-state index contributed by atoms with van der Waals surface area (Å²) in [4.78, 5) is 16.3. The molecule has 0 saturated carbocycles. The summed E-state index contributed by atoms with van der Waals surface area (Å²) >= 11 is 0. The maximum absolute atomic E-state index is 12.3. The molecular formula is C19H18N2O3. The van der Waals surface area contributed by atoms with Gasteiger partial charge >= 0.3 is 5.97 Å². The highest BCUT2D eigenvalue weighted by Crippen LogP contribution is 2.11. The first kappa shape index (κ1) is 15.8. The second-order valence-corrected chi connectivity index (χ2v) is 5.28. The van der Waals surface area contributed by atoms with E-state index in [4.69, 9.17) is 9.47 Å². The lowest BCUT2D eigenvalue weighted by Crippen LogP contribution is -2.29. The van der Waals surface area contributed by atoms with Crippen LogP contribution >= 0.6 is 0 Å². The van der Waals surface area contributed by atoms with Crippen molar-refractivity contribution < 1.29 is 14.3 Å². The number of esters is 1. The van der Waals surface area contributed by atoms with Crippen LogP contribution in [0.25, 0.3) is 0 Å². The molecule has 0 saturated heterocycles. The Morgan fingerprint density at radius 1 is 1.04 bits per heavy atom. The normalized spacial score (nSPS) is 11.7. The minimum Gasteiger partial charge on any atom is -0.490 e. The lowest BCUT2D eigenvalue weighted by molar-refractivity contribution is 0.0125. The first-order valence-corrected chi connectivity index (χ1v) is 7.71. The van der Waals surface area contributed by atoms with Crippen LogP contribution in [0, 0.1) is 0 Å². The molecule has 0 bridgehead atoms. The van der Waals surface area contributed by atoms with Crippen molar-refractivity contribution in [2.75, 3.05) is 6.61 Å². The largest absolute Gasteiger partial charge is 0.490 e. The monoisotopic (exact) mass is 322 g/mol. The maximum Gasteiger partial charge on any atom is 0.338 e. The van der Waals surface area contributed by atoms with Crippen molar-refractivity contribution in [1.82, 2.24) is 9.55 Å². The van der Waals surface area contributed by atoms with Crippen molar-refractivity contribution in [3.8, 4) is 5.75 Å². The van der Waals surface area contributed by atoms with Crippen molar-refractivity contribution in [2.24, 2.45) is 0 Å². The molecule has 0 aliphatic rings. The molecule has 24 heavy (non-hydrogen) atoms. The van der Waals surface area contributed by atoms with E-state index < -0.39 is 6.10 Å². The number of para-hydroxylation sites is 1. The first-order valence-electron chi connectivity index (χ1n) is 7.71. The third-order valence-electron chi connectivity index (χ3n) is 3.44. The molecule has 1 unspecified atom stereocenters. The van der Waals surface area contributed by atoms with E-state index in [0.29, 0.717) is 12.1 Å². The molecular weight excluding hydrogens is 304 g/mol. The number of hydrogen-bond acceptors (Lipinski definition) is 4. The van der Waals surface area contributed by atoms with Crippen LogP contribution < -0.4 is 4.74 Å². The molecule has 0 fully saturated rings. The van der Waals surface area contributed by atoms with E-state index in [9.17, 15) is 4.79 Å². The average Bonchev–Trinajstić information content (AvgIpc) is 3.14. The number of carbonyl (C=O) groups excluding carboxylic acids is 1. The number of hydrogen-bond donors (Lipinski definition) is 0. The highest BCUT2D eigenvalue weighted by atomic mass is 16.6. The molecule has 0 aliphatic carbocycles. The van der Waals surface area contributed by atoms with Gasteiger partial charge in [0.05, 0.1) is 18.4 Å². The minimum absolute atomic E-state index is 0.265. The molecule has 1 heterocycles. The molecule has 0 amide bonds. The zero-order valence-electron chi connectivity index (χ0n) is 13.1. The number of aromatic nitrogens is 2. The summed E-state index contributed by atoms with van der Waals surface area (Å²) in [5.41, 5.74) is 0.521. The Morgan fingerprint density at radius 2 is 1.75 bits per heavy atom. The summed E-state index contributed by atoms with van der Waals surface area (Å²) < 4.78 is 13.2. The van der Waals surface area contributed by atoms with Crippen LogP contribution in [0.2, 0.25) is 0 Å². The van der Waals surface area contributed by atoms with E-state index >= 15 is 0 Å². The third kappa shape index (κ3) is 4.46. The fraction of sp³-hybridized carbons (Fsp3) is 0.158. The molecule has 3 rings (SSSR count). The summed E-state index contributed by atoms with van der Waals surface area (Å²) in [7, 11) is 0. The number of carbonyl (C=O) groups is 1. The number of nitrogens with zero attached hydrogens (tertiary/aromatic N) is 2. The van der Waals surface area contributed by atoms with Crippen LogP contribution in [0.3, 0.4) is 0 Å².